The molecule has 0 N–H and O–H groups in total. The minimum Gasteiger partial charge on any atom is -0.496 e. The van der Waals surface area contributed by atoms with Crippen molar-refractivity contribution >= 4 is 23.2 Å². The summed E-state index contributed by atoms with van der Waals surface area (Å²) in [4.78, 5) is 15.9. The Labute approximate surface area is 163 Å². The van der Waals surface area contributed by atoms with Crippen LogP contribution in [0.3, 0.4) is 0 Å². The fraction of sp³-hybridized carbons (Fsp3) is 0.300. The first-order valence-corrected chi connectivity index (χ1v) is 8.77. The third kappa shape index (κ3) is 5.68. The van der Waals surface area contributed by atoms with E-state index in [1.807, 2.05) is 6.07 Å². The molecule has 2 aromatic rings. The quantitative estimate of drug-likeness (QED) is 0.687. The van der Waals surface area contributed by atoms with Gasteiger partial charge >= 0.3 is 0 Å². The highest BCUT2D eigenvalue weighted by Gasteiger charge is 2.20. The second-order valence-corrected chi connectivity index (χ2v) is 6.47. The van der Waals surface area contributed by atoms with E-state index in [-0.39, 0.29) is 31.1 Å². The summed E-state index contributed by atoms with van der Waals surface area (Å²) in [5.74, 6) is -0.115. The number of para-hydroxylation sites is 1. The third-order valence-electron chi connectivity index (χ3n) is 3.98. The number of amides is 1. The topological polar surface area (TPSA) is 56.6 Å². The predicted molar refractivity (Wildman–Crippen MR) is 103 cm³/mol. The number of hydrogen-bond acceptors (Lipinski definition) is 4. The number of halogens is 2. The number of hydrogen-bond donors (Lipinski definition) is 0. The molecular weight excluding hydrogens is 369 g/mol. The van der Waals surface area contributed by atoms with E-state index >= 15 is 0 Å². The molecule has 0 atom stereocenters. The van der Waals surface area contributed by atoms with Crippen molar-refractivity contribution in [3.05, 3.63) is 58.9 Å². The van der Waals surface area contributed by atoms with Crippen molar-refractivity contribution < 1.29 is 13.9 Å². The van der Waals surface area contributed by atoms with E-state index in [0.29, 0.717) is 17.3 Å². The number of ether oxygens (including phenoxy) is 1. The molecule has 0 fully saturated rings. The van der Waals surface area contributed by atoms with Crippen LogP contribution in [0.5, 0.6) is 5.75 Å². The monoisotopic (exact) mass is 389 g/mol. The standard InChI is InChI=1S/C20H21ClFN3O2/c1-24(13-15-12-16(21)8-9-19(15)27-2)14-20(26)25(11-5-10-23)18-7-4-3-6-17(18)22/h3-4,6-9,12H,5,11,13-14H2,1-2H3. The largest absolute Gasteiger partial charge is 0.496 e. The van der Waals surface area contributed by atoms with Crippen molar-refractivity contribution in [3.63, 3.8) is 0 Å². The van der Waals surface area contributed by atoms with Crippen LogP contribution in [0.4, 0.5) is 10.1 Å². The first kappa shape index (κ1) is 20.7. The lowest BCUT2D eigenvalue weighted by atomic mass is 10.2. The zero-order chi connectivity index (χ0) is 19.8. The summed E-state index contributed by atoms with van der Waals surface area (Å²) in [6, 6.07) is 13.3. The molecule has 0 saturated carbocycles. The lowest BCUT2D eigenvalue weighted by Crippen LogP contribution is -2.40. The maximum absolute atomic E-state index is 14.1. The zero-order valence-corrected chi connectivity index (χ0v) is 16.0. The normalized spacial score (nSPS) is 10.5. The second kappa shape index (κ2) is 9.91. The van der Waals surface area contributed by atoms with Crippen LogP contribution in [0.15, 0.2) is 42.5 Å². The summed E-state index contributed by atoms with van der Waals surface area (Å²) in [5.41, 5.74) is 1.02. The smallest absolute Gasteiger partial charge is 0.241 e. The van der Waals surface area contributed by atoms with Crippen LogP contribution >= 0.6 is 11.6 Å². The predicted octanol–water partition coefficient (Wildman–Crippen LogP) is 3.87. The van der Waals surface area contributed by atoms with Crippen molar-refractivity contribution in [2.45, 2.75) is 13.0 Å². The molecule has 0 unspecified atom stereocenters. The van der Waals surface area contributed by atoms with Gasteiger partial charge in [-0.3, -0.25) is 9.69 Å². The molecule has 142 valence electrons. The van der Waals surface area contributed by atoms with Crippen molar-refractivity contribution in [3.8, 4) is 11.8 Å². The van der Waals surface area contributed by atoms with Crippen molar-refractivity contribution in [2.24, 2.45) is 0 Å². The van der Waals surface area contributed by atoms with Gasteiger partial charge in [-0.25, -0.2) is 4.39 Å². The fourth-order valence-corrected chi connectivity index (χ4v) is 2.94. The lowest BCUT2D eigenvalue weighted by Gasteiger charge is -2.25. The molecule has 27 heavy (non-hydrogen) atoms. The number of carbonyl (C=O) groups excluding carboxylic acids is 1. The molecule has 2 aromatic carbocycles. The number of anilines is 1. The first-order valence-electron chi connectivity index (χ1n) is 8.39. The van der Waals surface area contributed by atoms with Gasteiger partial charge in [-0.15, -0.1) is 0 Å². The highest BCUT2D eigenvalue weighted by Crippen LogP contribution is 2.24. The minimum absolute atomic E-state index is 0.0510. The molecule has 0 aromatic heterocycles. The maximum Gasteiger partial charge on any atom is 0.241 e. The van der Waals surface area contributed by atoms with Crippen molar-refractivity contribution in [1.29, 1.82) is 5.26 Å². The van der Waals surface area contributed by atoms with Gasteiger partial charge in [0.2, 0.25) is 5.91 Å². The van der Waals surface area contributed by atoms with E-state index in [0.717, 1.165) is 5.56 Å². The van der Waals surface area contributed by atoms with E-state index in [1.165, 1.54) is 17.0 Å². The second-order valence-electron chi connectivity index (χ2n) is 6.03. The fourth-order valence-electron chi connectivity index (χ4n) is 2.75. The Morgan fingerprint density at radius 2 is 2.04 bits per heavy atom. The number of rotatable bonds is 8. The van der Waals surface area contributed by atoms with E-state index in [9.17, 15) is 9.18 Å². The SMILES string of the molecule is COc1ccc(Cl)cc1CN(C)CC(=O)N(CCC#N)c1ccccc1F. The van der Waals surface area contributed by atoms with E-state index in [1.54, 1.807) is 49.4 Å². The van der Waals surface area contributed by atoms with Gasteiger partial charge in [0, 0.05) is 23.7 Å². The Morgan fingerprint density at radius 3 is 2.70 bits per heavy atom. The molecule has 0 spiro atoms. The minimum atomic E-state index is -0.497. The third-order valence-corrected chi connectivity index (χ3v) is 4.21. The summed E-state index contributed by atoms with van der Waals surface area (Å²) >= 11 is 6.05. The number of methoxy groups -OCH3 is 1. The summed E-state index contributed by atoms with van der Waals surface area (Å²) in [6.07, 6.45) is 0.117. The van der Waals surface area contributed by atoms with Gasteiger partial charge in [0.1, 0.15) is 11.6 Å². The number of benzene rings is 2. The van der Waals surface area contributed by atoms with Gasteiger partial charge < -0.3 is 9.64 Å². The van der Waals surface area contributed by atoms with Crippen LogP contribution < -0.4 is 9.64 Å². The van der Waals surface area contributed by atoms with Crippen molar-refractivity contribution in [2.75, 3.05) is 32.1 Å². The van der Waals surface area contributed by atoms with E-state index < -0.39 is 5.82 Å². The van der Waals surface area contributed by atoms with Crippen LogP contribution in [0, 0.1) is 17.1 Å². The molecule has 0 aliphatic heterocycles. The highest BCUT2D eigenvalue weighted by atomic mass is 35.5. The zero-order valence-electron chi connectivity index (χ0n) is 15.3. The van der Waals surface area contributed by atoms with Gasteiger partial charge in [-0.1, -0.05) is 23.7 Å². The van der Waals surface area contributed by atoms with Gasteiger partial charge in [-0.05, 0) is 37.4 Å². The lowest BCUT2D eigenvalue weighted by molar-refractivity contribution is -0.119. The molecule has 0 aliphatic carbocycles. The van der Waals surface area contributed by atoms with Crippen LogP contribution in [0.2, 0.25) is 5.02 Å². The van der Waals surface area contributed by atoms with Crippen LogP contribution in [-0.4, -0.2) is 38.1 Å². The average molecular weight is 390 g/mol. The summed E-state index contributed by atoms with van der Waals surface area (Å²) in [7, 11) is 3.35. The molecule has 0 heterocycles. The number of nitrogens with zero attached hydrogens (tertiary/aromatic N) is 3. The van der Waals surface area contributed by atoms with Gasteiger partial charge in [0.15, 0.2) is 0 Å². The molecule has 0 bridgehead atoms. The van der Waals surface area contributed by atoms with Crippen LogP contribution in [-0.2, 0) is 11.3 Å². The van der Waals surface area contributed by atoms with Gasteiger partial charge in [-0.2, -0.15) is 5.26 Å². The molecule has 2 rings (SSSR count). The molecule has 7 heteroatoms. The number of carbonyl (C=O) groups is 1. The average Bonchev–Trinajstić information content (AvgIpc) is 2.63. The number of likely N-dealkylation sites (N-methyl/N-ethyl adjacent to an activating group) is 1. The summed E-state index contributed by atoms with van der Waals surface area (Å²) in [6.45, 7) is 0.610. The maximum atomic E-state index is 14.1. The summed E-state index contributed by atoms with van der Waals surface area (Å²) < 4.78 is 19.5. The first-order chi connectivity index (χ1) is 13.0. The molecule has 0 aliphatic rings. The molecular formula is C20H21ClFN3O2. The Morgan fingerprint density at radius 1 is 1.30 bits per heavy atom. The van der Waals surface area contributed by atoms with Crippen LogP contribution in [0.25, 0.3) is 0 Å². The van der Waals surface area contributed by atoms with Gasteiger partial charge in [0.05, 0.1) is 31.8 Å². The molecule has 1 amide bonds. The Hall–Kier alpha value is -2.62. The summed E-state index contributed by atoms with van der Waals surface area (Å²) in [5, 5.41) is 9.43. The Bertz CT molecular complexity index is 838. The van der Waals surface area contributed by atoms with E-state index in [2.05, 4.69) is 0 Å². The van der Waals surface area contributed by atoms with E-state index in [4.69, 9.17) is 21.6 Å². The van der Waals surface area contributed by atoms with Crippen LogP contribution in [0.1, 0.15) is 12.0 Å². The molecule has 5 nitrogen and oxygen atoms in total. The van der Waals surface area contributed by atoms with Crippen molar-refractivity contribution in [1.82, 2.24) is 4.90 Å². The number of nitriles is 1. The Balaban J connectivity index is 2.14. The highest BCUT2D eigenvalue weighted by molar-refractivity contribution is 6.30. The molecule has 0 radical (unpaired) electrons. The van der Waals surface area contributed by atoms with Gasteiger partial charge in [0.25, 0.3) is 0 Å². The Kier molecular flexibility index (Phi) is 7.59. The molecule has 0 saturated heterocycles.